The molecule has 0 aliphatic rings. The van der Waals surface area contributed by atoms with Gasteiger partial charge in [-0.1, -0.05) is 84.9 Å². The summed E-state index contributed by atoms with van der Waals surface area (Å²) in [5.41, 5.74) is 10.7. The van der Waals surface area contributed by atoms with Gasteiger partial charge in [-0.15, -0.1) is 0 Å². The maximum atomic E-state index is 6.24. The van der Waals surface area contributed by atoms with Gasteiger partial charge in [0.1, 0.15) is 12.0 Å². The monoisotopic (exact) mass is 315 g/mol. The molecule has 0 amide bonds. The maximum Gasteiger partial charge on any atom is 0.129 e. The number of nitrogens with zero attached hydrogens (tertiary/aromatic N) is 1. The van der Waals surface area contributed by atoms with Gasteiger partial charge in [0.15, 0.2) is 0 Å². The Hall–Kier alpha value is -2.91. The largest absolute Gasteiger partial charge is 0.351 e. The Morgan fingerprint density at radius 3 is 1.92 bits per heavy atom. The first-order valence-corrected chi connectivity index (χ1v) is 7.97. The van der Waals surface area contributed by atoms with E-state index in [2.05, 4.69) is 46.7 Å². The Balaban J connectivity index is 1.77. The molecule has 0 spiro atoms. The van der Waals surface area contributed by atoms with Crippen LogP contribution in [0.3, 0.4) is 0 Å². The molecular formula is C21H21N3. The van der Waals surface area contributed by atoms with Gasteiger partial charge in [0.2, 0.25) is 0 Å². The second kappa shape index (κ2) is 7.57. The van der Waals surface area contributed by atoms with E-state index >= 15 is 0 Å². The van der Waals surface area contributed by atoms with Crippen molar-refractivity contribution in [2.45, 2.75) is 6.17 Å². The van der Waals surface area contributed by atoms with E-state index in [1.54, 1.807) is 7.05 Å². The lowest BCUT2D eigenvalue weighted by atomic mass is 10.0. The molecule has 1 atom stereocenters. The summed E-state index contributed by atoms with van der Waals surface area (Å²) in [6.07, 6.45) is -0.293. The van der Waals surface area contributed by atoms with Gasteiger partial charge in [0, 0.05) is 12.6 Å². The van der Waals surface area contributed by atoms with Crippen molar-refractivity contribution < 1.29 is 0 Å². The molecule has 3 aromatic carbocycles. The van der Waals surface area contributed by atoms with Crippen molar-refractivity contribution >= 4 is 5.84 Å². The molecule has 0 saturated heterocycles. The first-order chi connectivity index (χ1) is 11.8. The van der Waals surface area contributed by atoms with E-state index < -0.39 is 0 Å². The maximum absolute atomic E-state index is 6.24. The molecule has 3 heteroatoms. The Bertz CT molecular complexity index is 794. The molecule has 3 aromatic rings. The highest BCUT2D eigenvalue weighted by Gasteiger charge is 2.09. The number of hydrogen-bond acceptors (Lipinski definition) is 2. The molecule has 0 aliphatic carbocycles. The molecule has 0 radical (unpaired) electrons. The fourth-order valence-corrected chi connectivity index (χ4v) is 2.62. The zero-order valence-electron chi connectivity index (χ0n) is 13.7. The molecule has 24 heavy (non-hydrogen) atoms. The van der Waals surface area contributed by atoms with Crippen LogP contribution in [0.5, 0.6) is 0 Å². The van der Waals surface area contributed by atoms with Crippen LogP contribution in [0.25, 0.3) is 11.1 Å². The molecule has 3 N–H and O–H groups in total. The topological polar surface area (TPSA) is 50.4 Å². The number of benzene rings is 3. The smallest absolute Gasteiger partial charge is 0.129 e. The molecule has 0 aliphatic heterocycles. The Morgan fingerprint density at radius 1 is 0.792 bits per heavy atom. The van der Waals surface area contributed by atoms with Crippen LogP contribution in [0.1, 0.15) is 17.3 Å². The third-order valence-electron chi connectivity index (χ3n) is 3.94. The second-order valence-electron chi connectivity index (χ2n) is 5.55. The summed E-state index contributed by atoms with van der Waals surface area (Å²) in [6, 6.07) is 28.6. The van der Waals surface area contributed by atoms with Gasteiger partial charge in [-0.3, -0.25) is 4.99 Å². The van der Waals surface area contributed by atoms with Crippen LogP contribution >= 0.6 is 0 Å². The van der Waals surface area contributed by atoms with Crippen LogP contribution in [0.2, 0.25) is 0 Å². The van der Waals surface area contributed by atoms with E-state index in [-0.39, 0.29) is 6.17 Å². The summed E-state index contributed by atoms with van der Waals surface area (Å²) in [5.74, 6) is 0.783. The number of nitrogens with one attached hydrogen (secondary N) is 1. The van der Waals surface area contributed by atoms with Crippen molar-refractivity contribution in [1.82, 2.24) is 5.32 Å². The van der Waals surface area contributed by atoms with Gasteiger partial charge in [-0.25, -0.2) is 0 Å². The van der Waals surface area contributed by atoms with Gasteiger partial charge in [0.05, 0.1) is 0 Å². The van der Waals surface area contributed by atoms with Crippen LogP contribution in [0, 0.1) is 0 Å². The minimum atomic E-state index is -0.293. The van der Waals surface area contributed by atoms with Gasteiger partial charge < -0.3 is 11.1 Å². The molecule has 3 nitrogen and oxygen atoms in total. The number of aliphatic imine (C=N–C) groups is 1. The summed E-state index contributed by atoms with van der Waals surface area (Å²) in [4.78, 5) is 4.35. The summed E-state index contributed by atoms with van der Waals surface area (Å²) in [7, 11) is 1.77. The summed E-state index contributed by atoms with van der Waals surface area (Å²) >= 11 is 0. The summed E-state index contributed by atoms with van der Waals surface area (Å²) in [5, 5.41) is 3.29. The first-order valence-electron chi connectivity index (χ1n) is 7.97. The Morgan fingerprint density at radius 2 is 1.33 bits per heavy atom. The number of amidine groups is 1. The zero-order valence-corrected chi connectivity index (χ0v) is 13.7. The van der Waals surface area contributed by atoms with Crippen LogP contribution < -0.4 is 11.1 Å². The van der Waals surface area contributed by atoms with Crippen LogP contribution in [0.15, 0.2) is 89.9 Å². The molecule has 0 heterocycles. The molecule has 0 aromatic heterocycles. The second-order valence-corrected chi connectivity index (χ2v) is 5.55. The summed E-state index contributed by atoms with van der Waals surface area (Å²) < 4.78 is 0. The van der Waals surface area contributed by atoms with Crippen LogP contribution in [-0.4, -0.2) is 12.9 Å². The van der Waals surface area contributed by atoms with E-state index in [0.29, 0.717) is 0 Å². The average Bonchev–Trinajstić information content (AvgIpc) is 2.67. The minimum Gasteiger partial charge on any atom is -0.351 e. The predicted octanol–water partition coefficient (Wildman–Crippen LogP) is 3.98. The average molecular weight is 315 g/mol. The molecular weight excluding hydrogens is 294 g/mol. The summed E-state index contributed by atoms with van der Waals surface area (Å²) in [6.45, 7) is 0. The van der Waals surface area contributed by atoms with Crippen molar-refractivity contribution in [3.63, 3.8) is 0 Å². The van der Waals surface area contributed by atoms with Crippen molar-refractivity contribution in [3.05, 3.63) is 96.1 Å². The predicted molar refractivity (Wildman–Crippen MR) is 101 cm³/mol. The minimum absolute atomic E-state index is 0.293. The third-order valence-corrected chi connectivity index (χ3v) is 3.94. The van der Waals surface area contributed by atoms with Crippen molar-refractivity contribution in [2.24, 2.45) is 10.7 Å². The molecule has 1 unspecified atom stereocenters. The Labute approximate surface area is 142 Å². The van der Waals surface area contributed by atoms with Gasteiger partial charge in [-0.05, 0) is 16.7 Å². The van der Waals surface area contributed by atoms with Gasteiger partial charge in [-0.2, -0.15) is 0 Å². The fraction of sp³-hybridized carbons (Fsp3) is 0.0952. The molecule has 0 fully saturated rings. The normalized spacial score (nSPS) is 12.7. The fourth-order valence-electron chi connectivity index (χ4n) is 2.62. The highest BCUT2D eigenvalue weighted by molar-refractivity contribution is 5.99. The van der Waals surface area contributed by atoms with Crippen molar-refractivity contribution in [1.29, 1.82) is 0 Å². The molecule has 3 rings (SSSR count). The van der Waals surface area contributed by atoms with E-state index in [1.165, 1.54) is 11.1 Å². The van der Waals surface area contributed by atoms with Crippen molar-refractivity contribution in [2.75, 3.05) is 7.05 Å². The third kappa shape index (κ3) is 3.70. The van der Waals surface area contributed by atoms with Crippen LogP contribution in [-0.2, 0) is 0 Å². The SMILES string of the molecule is CN=C(NC(N)c1ccccc1)c1ccc(-c2ccccc2)cc1. The Kier molecular flexibility index (Phi) is 5.04. The van der Waals surface area contributed by atoms with E-state index in [0.717, 1.165) is 17.0 Å². The van der Waals surface area contributed by atoms with Gasteiger partial charge >= 0.3 is 0 Å². The number of nitrogens with two attached hydrogens (primary N) is 1. The highest BCUT2D eigenvalue weighted by Crippen LogP contribution is 2.19. The standard InChI is InChI=1S/C21H21N3/c1-23-21(24-20(22)18-10-6-3-7-11-18)19-14-12-17(13-15-19)16-8-4-2-5-9-16/h2-15,20H,22H2,1H3,(H,23,24). The quantitative estimate of drug-likeness (QED) is 0.435. The van der Waals surface area contributed by atoms with E-state index in [9.17, 15) is 0 Å². The number of rotatable bonds is 4. The van der Waals surface area contributed by atoms with Crippen molar-refractivity contribution in [3.8, 4) is 11.1 Å². The lowest BCUT2D eigenvalue weighted by molar-refractivity contribution is 0.681. The number of hydrogen-bond donors (Lipinski definition) is 2. The molecule has 0 saturated carbocycles. The van der Waals surface area contributed by atoms with E-state index in [1.807, 2.05) is 48.5 Å². The first kappa shape index (κ1) is 16.0. The van der Waals surface area contributed by atoms with Crippen LogP contribution in [0.4, 0.5) is 0 Å². The lowest BCUT2D eigenvalue weighted by Gasteiger charge is -2.17. The lowest BCUT2D eigenvalue weighted by Crippen LogP contribution is -2.34. The van der Waals surface area contributed by atoms with E-state index in [4.69, 9.17) is 5.73 Å². The molecule has 0 bridgehead atoms. The highest BCUT2D eigenvalue weighted by atomic mass is 15.1. The molecule has 120 valence electrons. The zero-order chi connectivity index (χ0) is 16.8. The van der Waals surface area contributed by atoms with Gasteiger partial charge in [0.25, 0.3) is 0 Å².